The Morgan fingerprint density at radius 3 is 2.44 bits per heavy atom. The van der Waals surface area contributed by atoms with E-state index in [-0.39, 0.29) is 5.78 Å². The molecule has 1 heterocycles. The van der Waals surface area contributed by atoms with Gasteiger partial charge >= 0.3 is 0 Å². The highest BCUT2D eigenvalue weighted by Crippen LogP contribution is 2.25. The average Bonchev–Trinajstić information content (AvgIpc) is 2.55. The Morgan fingerprint density at radius 1 is 1.25 bits per heavy atom. The van der Waals surface area contributed by atoms with Crippen LogP contribution in [0, 0.1) is 6.92 Å². The lowest BCUT2D eigenvalue weighted by Crippen LogP contribution is -1.98. The van der Waals surface area contributed by atoms with Crippen molar-refractivity contribution in [1.82, 2.24) is 9.78 Å². The van der Waals surface area contributed by atoms with Gasteiger partial charge in [-0.1, -0.05) is 30.3 Å². The number of Topliss-reactive ketones (excluding diaryl/α,β-unsaturated/α-hetero) is 1. The lowest BCUT2D eigenvalue weighted by molar-refractivity contribution is 0.101. The zero-order valence-corrected chi connectivity index (χ0v) is 9.69. The Hall–Kier alpha value is -1.90. The van der Waals surface area contributed by atoms with Gasteiger partial charge in [-0.15, -0.1) is 0 Å². The molecule has 0 saturated heterocycles. The van der Waals surface area contributed by atoms with Gasteiger partial charge in [0.1, 0.15) is 0 Å². The van der Waals surface area contributed by atoms with Gasteiger partial charge in [-0.3, -0.25) is 9.48 Å². The molecule has 1 aromatic heterocycles. The molecule has 0 unspecified atom stereocenters. The fourth-order valence-electron chi connectivity index (χ4n) is 2.01. The van der Waals surface area contributed by atoms with Crippen molar-refractivity contribution in [3.8, 4) is 11.3 Å². The van der Waals surface area contributed by atoms with Gasteiger partial charge in [0, 0.05) is 12.6 Å². The molecular formula is C13H14N2O. The van der Waals surface area contributed by atoms with Crippen molar-refractivity contribution in [3.63, 3.8) is 0 Å². The van der Waals surface area contributed by atoms with E-state index in [0.29, 0.717) is 5.56 Å². The largest absolute Gasteiger partial charge is 0.294 e. The van der Waals surface area contributed by atoms with Crippen LogP contribution in [0.1, 0.15) is 23.0 Å². The van der Waals surface area contributed by atoms with Crippen LogP contribution in [0.25, 0.3) is 11.3 Å². The number of carbonyl (C=O) groups excluding carboxylic acids is 1. The Bertz CT molecular complexity index is 526. The van der Waals surface area contributed by atoms with E-state index < -0.39 is 0 Å². The molecule has 3 nitrogen and oxygen atoms in total. The van der Waals surface area contributed by atoms with Crippen LogP contribution in [0.2, 0.25) is 0 Å². The summed E-state index contributed by atoms with van der Waals surface area (Å²) >= 11 is 0. The molecule has 0 aliphatic carbocycles. The molecule has 2 rings (SSSR count). The summed E-state index contributed by atoms with van der Waals surface area (Å²) in [5.41, 5.74) is 3.42. The molecular weight excluding hydrogens is 200 g/mol. The molecule has 0 radical (unpaired) electrons. The minimum Gasteiger partial charge on any atom is -0.294 e. The molecule has 82 valence electrons. The van der Waals surface area contributed by atoms with Crippen LogP contribution in [0.15, 0.2) is 30.3 Å². The zero-order valence-electron chi connectivity index (χ0n) is 9.69. The third-order valence-electron chi connectivity index (χ3n) is 2.62. The summed E-state index contributed by atoms with van der Waals surface area (Å²) in [6, 6.07) is 9.86. The van der Waals surface area contributed by atoms with E-state index in [1.54, 1.807) is 11.6 Å². The molecule has 0 saturated carbocycles. The monoisotopic (exact) mass is 214 g/mol. The predicted molar refractivity (Wildman–Crippen MR) is 63.4 cm³/mol. The van der Waals surface area contributed by atoms with Gasteiger partial charge in [-0.05, 0) is 13.8 Å². The van der Waals surface area contributed by atoms with Crippen LogP contribution in [0.3, 0.4) is 0 Å². The fourth-order valence-corrected chi connectivity index (χ4v) is 2.01. The molecule has 0 bridgehead atoms. The number of aryl methyl sites for hydroxylation is 2. The Labute approximate surface area is 94.7 Å². The molecule has 0 amide bonds. The standard InChI is InChI=1S/C13H14N2O/c1-9-12(10(2)16)13(15(3)14-9)11-7-5-4-6-8-11/h4-8H,1-3H3. The first kappa shape index (κ1) is 10.6. The predicted octanol–water partition coefficient (Wildman–Crippen LogP) is 2.60. The molecule has 2 aromatic rings. The molecule has 3 heteroatoms. The summed E-state index contributed by atoms with van der Waals surface area (Å²) < 4.78 is 1.77. The van der Waals surface area contributed by atoms with Crippen LogP contribution in [-0.2, 0) is 7.05 Å². The van der Waals surface area contributed by atoms with Crippen LogP contribution in [-0.4, -0.2) is 15.6 Å². The average molecular weight is 214 g/mol. The number of ketones is 1. The van der Waals surface area contributed by atoms with Crippen molar-refractivity contribution in [2.75, 3.05) is 0 Å². The van der Waals surface area contributed by atoms with E-state index in [0.717, 1.165) is 17.0 Å². The van der Waals surface area contributed by atoms with Gasteiger partial charge in [-0.2, -0.15) is 5.10 Å². The minimum absolute atomic E-state index is 0.0597. The molecule has 16 heavy (non-hydrogen) atoms. The number of benzene rings is 1. The van der Waals surface area contributed by atoms with Crippen molar-refractivity contribution >= 4 is 5.78 Å². The van der Waals surface area contributed by atoms with Gasteiger partial charge in [-0.25, -0.2) is 0 Å². The Kier molecular flexibility index (Phi) is 2.60. The zero-order chi connectivity index (χ0) is 11.7. The van der Waals surface area contributed by atoms with Gasteiger partial charge in [0.2, 0.25) is 0 Å². The summed E-state index contributed by atoms with van der Waals surface area (Å²) in [4.78, 5) is 11.6. The van der Waals surface area contributed by atoms with Crippen molar-refractivity contribution in [2.45, 2.75) is 13.8 Å². The highest BCUT2D eigenvalue weighted by Gasteiger charge is 2.17. The second kappa shape index (κ2) is 3.93. The van der Waals surface area contributed by atoms with E-state index in [4.69, 9.17) is 0 Å². The van der Waals surface area contributed by atoms with Crippen LogP contribution < -0.4 is 0 Å². The summed E-state index contributed by atoms with van der Waals surface area (Å²) in [6.07, 6.45) is 0. The van der Waals surface area contributed by atoms with Crippen molar-refractivity contribution in [3.05, 3.63) is 41.6 Å². The molecule has 0 aliphatic rings. The second-order valence-corrected chi connectivity index (χ2v) is 3.85. The highest BCUT2D eigenvalue weighted by molar-refractivity contribution is 6.01. The smallest absolute Gasteiger partial charge is 0.163 e. The third-order valence-corrected chi connectivity index (χ3v) is 2.62. The first-order chi connectivity index (χ1) is 7.61. The lowest BCUT2D eigenvalue weighted by atomic mass is 10.0. The second-order valence-electron chi connectivity index (χ2n) is 3.85. The molecule has 0 N–H and O–H groups in total. The van der Waals surface area contributed by atoms with E-state index in [2.05, 4.69) is 5.10 Å². The topological polar surface area (TPSA) is 34.9 Å². The number of aromatic nitrogens is 2. The first-order valence-corrected chi connectivity index (χ1v) is 5.21. The maximum absolute atomic E-state index is 11.6. The SMILES string of the molecule is CC(=O)c1c(C)nn(C)c1-c1ccccc1. The summed E-state index contributed by atoms with van der Waals surface area (Å²) in [7, 11) is 1.86. The number of nitrogens with zero attached hydrogens (tertiary/aromatic N) is 2. The fraction of sp³-hybridized carbons (Fsp3) is 0.231. The molecule has 1 aromatic carbocycles. The maximum atomic E-state index is 11.6. The van der Waals surface area contributed by atoms with Crippen LogP contribution in [0.5, 0.6) is 0 Å². The normalized spacial score (nSPS) is 10.4. The number of hydrogen-bond donors (Lipinski definition) is 0. The number of hydrogen-bond acceptors (Lipinski definition) is 2. The maximum Gasteiger partial charge on any atom is 0.163 e. The van der Waals surface area contributed by atoms with Crippen LogP contribution >= 0.6 is 0 Å². The summed E-state index contributed by atoms with van der Waals surface area (Å²) in [5, 5.41) is 4.30. The van der Waals surface area contributed by atoms with E-state index in [9.17, 15) is 4.79 Å². The first-order valence-electron chi connectivity index (χ1n) is 5.21. The quantitative estimate of drug-likeness (QED) is 0.720. The summed E-state index contributed by atoms with van der Waals surface area (Å²) in [5.74, 6) is 0.0597. The third kappa shape index (κ3) is 1.65. The number of carbonyl (C=O) groups is 1. The molecule has 0 aliphatic heterocycles. The van der Waals surface area contributed by atoms with Gasteiger partial charge in [0.05, 0.1) is 17.0 Å². The van der Waals surface area contributed by atoms with E-state index in [1.807, 2.05) is 44.3 Å². The van der Waals surface area contributed by atoms with Crippen molar-refractivity contribution in [1.29, 1.82) is 0 Å². The van der Waals surface area contributed by atoms with Gasteiger partial charge < -0.3 is 0 Å². The Morgan fingerprint density at radius 2 is 1.88 bits per heavy atom. The van der Waals surface area contributed by atoms with Gasteiger partial charge in [0.15, 0.2) is 5.78 Å². The van der Waals surface area contributed by atoms with E-state index >= 15 is 0 Å². The van der Waals surface area contributed by atoms with E-state index in [1.165, 1.54) is 0 Å². The van der Waals surface area contributed by atoms with Crippen molar-refractivity contribution in [2.24, 2.45) is 7.05 Å². The highest BCUT2D eigenvalue weighted by atomic mass is 16.1. The minimum atomic E-state index is 0.0597. The Balaban J connectivity index is 2.69. The summed E-state index contributed by atoms with van der Waals surface area (Å²) in [6.45, 7) is 3.44. The lowest BCUT2D eigenvalue weighted by Gasteiger charge is -2.04. The van der Waals surface area contributed by atoms with Crippen molar-refractivity contribution < 1.29 is 4.79 Å². The molecule has 0 atom stereocenters. The van der Waals surface area contributed by atoms with Gasteiger partial charge in [0.25, 0.3) is 0 Å². The number of rotatable bonds is 2. The van der Waals surface area contributed by atoms with Crippen LogP contribution in [0.4, 0.5) is 0 Å². The molecule has 0 spiro atoms. The molecule has 0 fully saturated rings.